The number of rotatable bonds is 9. The van der Waals surface area contributed by atoms with Gasteiger partial charge in [0.05, 0.1) is 6.54 Å². The Morgan fingerprint density at radius 1 is 1.06 bits per heavy atom. The zero-order valence-corrected chi connectivity index (χ0v) is 19.8. The van der Waals surface area contributed by atoms with E-state index in [0.29, 0.717) is 0 Å². The number of aromatic amines is 1. The number of ether oxygens (including phenoxy) is 1. The number of nitrogens with one attached hydrogen (secondary N) is 3. The van der Waals surface area contributed by atoms with Crippen molar-refractivity contribution in [3.05, 3.63) is 68.5 Å². The monoisotopic (exact) mass is 473 g/mol. The molecule has 0 saturated heterocycles. The number of nitrogens with zero attached hydrogens (tertiary/aromatic N) is 2. The van der Waals surface area contributed by atoms with Crippen molar-refractivity contribution in [1.82, 2.24) is 25.1 Å². The van der Waals surface area contributed by atoms with Crippen molar-refractivity contribution < 1.29 is 19.1 Å². The van der Waals surface area contributed by atoms with E-state index in [1.807, 2.05) is 30.3 Å². The van der Waals surface area contributed by atoms with Gasteiger partial charge in [-0.1, -0.05) is 30.3 Å². The fourth-order valence-corrected chi connectivity index (χ4v) is 2.93. The SMILES string of the molecule is Cc1cn(CC(=O)N(CC(=O)NCCNC(=O)OC(C)(C)C)Cc2ccccc2)c(=O)[nH]c1=O. The predicted molar refractivity (Wildman–Crippen MR) is 125 cm³/mol. The van der Waals surface area contributed by atoms with Crippen molar-refractivity contribution >= 4 is 17.9 Å². The molecular formula is C23H31N5O6. The summed E-state index contributed by atoms with van der Waals surface area (Å²) >= 11 is 0. The lowest BCUT2D eigenvalue weighted by molar-refractivity contribution is -0.137. The molecule has 184 valence electrons. The Morgan fingerprint density at radius 3 is 2.35 bits per heavy atom. The van der Waals surface area contributed by atoms with Crippen molar-refractivity contribution in [1.29, 1.82) is 0 Å². The molecule has 1 aromatic carbocycles. The van der Waals surface area contributed by atoms with Crippen LogP contribution in [0.5, 0.6) is 0 Å². The molecule has 34 heavy (non-hydrogen) atoms. The average Bonchev–Trinajstić information content (AvgIpc) is 2.74. The quantitative estimate of drug-likeness (QED) is 0.453. The molecule has 2 aromatic rings. The summed E-state index contributed by atoms with van der Waals surface area (Å²) in [7, 11) is 0. The number of carbonyl (C=O) groups is 3. The second-order valence-electron chi connectivity index (χ2n) is 8.71. The molecule has 0 aliphatic carbocycles. The lowest BCUT2D eigenvalue weighted by Crippen LogP contribution is -2.45. The summed E-state index contributed by atoms with van der Waals surface area (Å²) in [4.78, 5) is 64.2. The fraction of sp³-hybridized carbons (Fsp3) is 0.435. The molecular weight excluding hydrogens is 442 g/mol. The van der Waals surface area contributed by atoms with Gasteiger partial charge in [0.1, 0.15) is 12.1 Å². The minimum atomic E-state index is -0.707. The highest BCUT2D eigenvalue weighted by atomic mass is 16.6. The average molecular weight is 474 g/mol. The Bertz CT molecular complexity index is 1120. The molecule has 1 heterocycles. The molecule has 0 radical (unpaired) electrons. The molecule has 0 atom stereocenters. The summed E-state index contributed by atoms with van der Waals surface area (Å²) in [6, 6.07) is 9.10. The first-order valence-electron chi connectivity index (χ1n) is 10.8. The molecule has 1 aromatic heterocycles. The largest absolute Gasteiger partial charge is 0.444 e. The molecule has 11 heteroatoms. The van der Waals surface area contributed by atoms with Crippen molar-refractivity contribution in [3.63, 3.8) is 0 Å². The molecule has 0 aliphatic heterocycles. The number of H-pyrrole nitrogens is 1. The van der Waals surface area contributed by atoms with Gasteiger partial charge in [0, 0.05) is 31.4 Å². The summed E-state index contributed by atoms with van der Waals surface area (Å²) in [5.74, 6) is -0.903. The Labute approximate surface area is 197 Å². The van der Waals surface area contributed by atoms with E-state index in [1.54, 1.807) is 20.8 Å². The number of aromatic nitrogens is 2. The Kier molecular flexibility index (Phi) is 9.17. The molecule has 3 amide bonds. The third kappa shape index (κ3) is 8.93. The van der Waals surface area contributed by atoms with E-state index in [0.717, 1.165) is 10.1 Å². The minimum Gasteiger partial charge on any atom is -0.444 e. The first-order chi connectivity index (χ1) is 15.9. The van der Waals surface area contributed by atoms with Crippen LogP contribution in [0.3, 0.4) is 0 Å². The summed E-state index contributed by atoms with van der Waals surface area (Å²) in [6.45, 7) is 6.62. The number of aryl methyl sites for hydroxylation is 1. The maximum absolute atomic E-state index is 13.0. The standard InChI is InChI=1S/C23H31N5O6/c1-16-12-28(21(32)26-20(16)31)15-19(30)27(13-17-8-6-5-7-9-17)14-18(29)24-10-11-25-22(33)34-23(2,3)4/h5-9,12H,10-11,13-15H2,1-4H3,(H,24,29)(H,25,33)(H,26,31,32). The van der Waals surface area contributed by atoms with Crippen molar-refractivity contribution in [2.45, 2.75) is 46.4 Å². The molecule has 0 spiro atoms. The summed E-state index contributed by atoms with van der Waals surface area (Å²) in [6.07, 6.45) is 0.714. The van der Waals surface area contributed by atoms with E-state index >= 15 is 0 Å². The predicted octanol–water partition coefficient (Wildman–Crippen LogP) is 0.515. The smallest absolute Gasteiger partial charge is 0.407 e. The Hall–Kier alpha value is -3.89. The number of hydrogen-bond acceptors (Lipinski definition) is 6. The van der Waals surface area contributed by atoms with Gasteiger partial charge in [-0.05, 0) is 33.3 Å². The van der Waals surface area contributed by atoms with Crippen molar-refractivity contribution in [2.75, 3.05) is 19.6 Å². The number of carbonyl (C=O) groups excluding carboxylic acids is 3. The molecule has 0 fully saturated rings. The van der Waals surface area contributed by atoms with Crippen LogP contribution in [0.2, 0.25) is 0 Å². The molecule has 2 rings (SSSR count). The van der Waals surface area contributed by atoms with Crippen LogP contribution in [0.4, 0.5) is 4.79 Å². The van der Waals surface area contributed by atoms with E-state index in [4.69, 9.17) is 4.74 Å². The van der Waals surface area contributed by atoms with Gasteiger partial charge in [0.25, 0.3) is 5.56 Å². The zero-order valence-electron chi connectivity index (χ0n) is 19.8. The van der Waals surface area contributed by atoms with Gasteiger partial charge in [-0.25, -0.2) is 9.59 Å². The molecule has 0 aliphatic rings. The third-order valence-electron chi connectivity index (χ3n) is 4.51. The lowest BCUT2D eigenvalue weighted by atomic mass is 10.2. The summed E-state index contributed by atoms with van der Waals surface area (Å²) in [5, 5.41) is 5.18. The molecule has 0 saturated carbocycles. The number of amides is 3. The van der Waals surface area contributed by atoms with Crippen LogP contribution < -0.4 is 21.9 Å². The zero-order chi connectivity index (χ0) is 25.3. The first-order valence-corrected chi connectivity index (χ1v) is 10.8. The van der Waals surface area contributed by atoms with Gasteiger partial charge in [0.2, 0.25) is 11.8 Å². The maximum Gasteiger partial charge on any atom is 0.407 e. The van der Waals surface area contributed by atoms with Crippen molar-refractivity contribution in [3.8, 4) is 0 Å². The van der Waals surface area contributed by atoms with Gasteiger partial charge in [-0.2, -0.15) is 0 Å². The molecule has 3 N–H and O–H groups in total. The van der Waals surface area contributed by atoms with E-state index in [2.05, 4.69) is 15.6 Å². The first kappa shape index (κ1) is 26.4. The fourth-order valence-electron chi connectivity index (χ4n) is 2.93. The van der Waals surface area contributed by atoms with E-state index in [1.165, 1.54) is 18.0 Å². The van der Waals surface area contributed by atoms with Gasteiger partial charge in [0.15, 0.2) is 0 Å². The summed E-state index contributed by atoms with van der Waals surface area (Å²) in [5.41, 5.74) is -0.759. The van der Waals surface area contributed by atoms with E-state index in [-0.39, 0.29) is 38.3 Å². The highest BCUT2D eigenvalue weighted by Crippen LogP contribution is 2.07. The van der Waals surface area contributed by atoms with Crippen molar-refractivity contribution in [2.24, 2.45) is 0 Å². The Balaban J connectivity index is 2.00. The van der Waals surface area contributed by atoms with Gasteiger partial charge >= 0.3 is 11.8 Å². The third-order valence-corrected chi connectivity index (χ3v) is 4.51. The molecule has 0 unspecified atom stereocenters. The van der Waals surface area contributed by atoms with Crippen LogP contribution >= 0.6 is 0 Å². The van der Waals surface area contributed by atoms with Crippen LogP contribution in [0, 0.1) is 6.92 Å². The normalized spacial score (nSPS) is 10.9. The Morgan fingerprint density at radius 2 is 1.71 bits per heavy atom. The molecule has 11 nitrogen and oxygen atoms in total. The number of benzene rings is 1. The minimum absolute atomic E-state index is 0.143. The van der Waals surface area contributed by atoms with Crippen LogP contribution in [0.25, 0.3) is 0 Å². The maximum atomic E-state index is 13.0. The topological polar surface area (TPSA) is 143 Å². The second-order valence-corrected chi connectivity index (χ2v) is 8.71. The van der Waals surface area contributed by atoms with E-state index in [9.17, 15) is 24.0 Å². The van der Waals surface area contributed by atoms with Crippen LogP contribution in [0.15, 0.2) is 46.1 Å². The van der Waals surface area contributed by atoms with Crippen LogP contribution in [-0.4, -0.2) is 57.6 Å². The highest BCUT2D eigenvalue weighted by Gasteiger charge is 2.19. The van der Waals surface area contributed by atoms with Gasteiger partial charge in [-0.15, -0.1) is 0 Å². The summed E-state index contributed by atoms with van der Waals surface area (Å²) < 4.78 is 6.22. The van der Waals surface area contributed by atoms with Crippen LogP contribution in [0.1, 0.15) is 31.9 Å². The van der Waals surface area contributed by atoms with Crippen LogP contribution in [-0.2, 0) is 27.4 Å². The number of alkyl carbamates (subject to hydrolysis) is 1. The second kappa shape index (κ2) is 11.8. The van der Waals surface area contributed by atoms with Gasteiger partial charge < -0.3 is 20.3 Å². The lowest BCUT2D eigenvalue weighted by Gasteiger charge is -2.23. The molecule has 0 bridgehead atoms. The highest BCUT2D eigenvalue weighted by molar-refractivity contribution is 5.84. The van der Waals surface area contributed by atoms with Gasteiger partial charge in [-0.3, -0.25) is 23.9 Å². The van der Waals surface area contributed by atoms with E-state index < -0.39 is 34.8 Å². The number of hydrogen-bond donors (Lipinski definition) is 3.